The van der Waals surface area contributed by atoms with Crippen LogP contribution >= 0.6 is 21.7 Å². The van der Waals surface area contributed by atoms with E-state index in [-0.39, 0.29) is 5.56 Å². The first-order valence-electron chi connectivity index (χ1n) is 5.09. The number of carbonyl (C=O) groups is 1. The van der Waals surface area contributed by atoms with E-state index in [1.165, 1.54) is 6.07 Å². The minimum Gasteiger partial charge on any atom is -0.478 e. The Hall–Kier alpha value is -1.65. The van der Waals surface area contributed by atoms with Gasteiger partial charge < -0.3 is 9.84 Å². The molecule has 2 aromatic rings. The van der Waals surface area contributed by atoms with E-state index < -0.39 is 5.97 Å². The SMILES string of the molecule is O=C(O)c1ccccc1Oc1ccc(SCl)cc1. The predicted molar refractivity (Wildman–Crippen MR) is 71.6 cm³/mol. The number of ether oxygens (including phenoxy) is 1. The normalized spacial score (nSPS) is 10.1. The summed E-state index contributed by atoms with van der Waals surface area (Å²) in [6.45, 7) is 0. The van der Waals surface area contributed by atoms with Crippen molar-refractivity contribution in [1.82, 2.24) is 0 Å². The minimum atomic E-state index is -1.02. The summed E-state index contributed by atoms with van der Waals surface area (Å²) < 4.78 is 5.54. The standard InChI is InChI=1S/C13H9ClO3S/c14-18-10-7-5-9(6-8-10)17-12-4-2-1-3-11(12)13(15)16/h1-8H,(H,15,16). The van der Waals surface area contributed by atoms with E-state index in [9.17, 15) is 4.79 Å². The summed E-state index contributed by atoms with van der Waals surface area (Å²) in [6.07, 6.45) is 0. The highest BCUT2D eigenvalue weighted by Gasteiger charge is 2.10. The lowest BCUT2D eigenvalue weighted by Crippen LogP contribution is -1.99. The van der Waals surface area contributed by atoms with Crippen LogP contribution in [0.3, 0.4) is 0 Å². The lowest BCUT2D eigenvalue weighted by molar-refractivity contribution is 0.0694. The van der Waals surface area contributed by atoms with Crippen molar-refractivity contribution in [3.8, 4) is 11.5 Å². The third-order valence-electron chi connectivity index (χ3n) is 2.26. The maximum Gasteiger partial charge on any atom is 0.339 e. The molecule has 0 unspecified atom stereocenters. The van der Waals surface area contributed by atoms with Crippen molar-refractivity contribution in [3.63, 3.8) is 0 Å². The Labute approximate surface area is 113 Å². The van der Waals surface area contributed by atoms with Crippen molar-refractivity contribution >= 4 is 27.6 Å². The average molecular weight is 281 g/mol. The quantitative estimate of drug-likeness (QED) is 0.900. The number of halogens is 1. The van der Waals surface area contributed by atoms with Crippen LogP contribution in [-0.2, 0) is 0 Å². The average Bonchev–Trinajstić information content (AvgIpc) is 2.40. The van der Waals surface area contributed by atoms with E-state index in [4.69, 9.17) is 20.5 Å². The second kappa shape index (κ2) is 5.80. The molecule has 0 amide bonds. The smallest absolute Gasteiger partial charge is 0.339 e. The van der Waals surface area contributed by atoms with Gasteiger partial charge in [0, 0.05) is 4.90 Å². The summed E-state index contributed by atoms with van der Waals surface area (Å²) in [5, 5.41) is 9.03. The molecule has 0 aliphatic carbocycles. The summed E-state index contributed by atoms with van der Waals surface area (Å²) >= 11 is 0. The van der Waals surface area contributed by atoms with Crippen molar-refractivity contribution in [1.29, 1.82) is 0 Å². The molecule has 0 fully saturated rings. The van der Waals surface area contributed by atoms with Crippen molar-refractivity contribution in [3.05, 3.63) is 54.1 Å². The number of carboxylic acids is 1. The molecule has 2 aromatic carbocycles. The van der Waals surface area contributed by atoms with Gasteiger partial charge in [-0.2, -0.15) is 0 Å². The van der Waals surface area contributed by atoms with Gasteiger partial charge in [0.2, 0.25) is 0 Å². The molecule has 0 saturated heterocycles. The zero-order valence-electron chi connectivity index (χ0n) is 9.17. The zero-order chi connectivity index (χ0) is 13.0. The molecule has 1 N–H and O–H groups in total. The highest BCUT2D eigenvalue weighted by molar-refractivity contribution is 8.21. The number of aromatic carboxylic acids is 1. The van der Waals surface area contributed by atoms with Gasteiger partial charge >= 0.3 is 5.97 Å². The van der Waals surface area contributed by atoms with Gasteiger partial charge in [0.15, 0.2) is 0 Å². The molecule has 0 radical (unpaired) electrons. The largest absolute Gasteiger partial charge is 0.478 e. The lowest BCUT2D eigenvalue weighted by Gasteiger charge is -2.08. The fourth-order valence-electron chi connectivity index (χ4n) is 1.42. The van der Waals surface area contributed by atoms with Gasteiger partial charge in [-0.1, -0.05) is 12.1 Å². The predicted octanol–water partition coefficient (Wildman–Crippen LogP) is 4.42. The molecule has 0 spiro atoms. The van der Waals surface area contributed by atoms with Crippen LogP contribution < -0.4 is 4.74 Å². The van der Waals surface area contributed by atoms with E-state index in [1.807, 2.05) is 0 Å². The highest BCUT2D eigenvalue weighted by atomic mass is 35.7. The molecule has 0 aliphatic heterocycles. The number of hydrogen-bond acceptors (Lipinski definition) is 3. The molecular formula is C13H9ClO3S. The summed E-state index contributed by atoms with van der Waals surface area (Å²) in [7, 11) is 6.72. The minimum absolute atomic E-state index is 0.133. The fourth-order valence-corrected chi connectivity index (χ4v) is 1.97. The first kappa shape index (κ1) is 12.8. The Kier molecular flexibility index (Phi) is 4.12. The molecule has 0 atom stereocenters. The number of carboxylic acid groups (broad SMARTS) is 1. The second-order valence-corrected chi connectivity index (χ2v) is 4.54. The Bertz CT molecular complexity index is 554. The van der Waals surface area contributed by atoms with Gasteiger partial charge in [-0.3, -0.25) is 0 Å². The maximum absolute atomic E-state index is 11.0. The van der Waals surface area contributed by atoms with Crippen LogP contribution in [-0.4, -0.2) is 11.1 Å². The topological polar surface area (TPSA) is 46.5 Å². The second-order valence-electron chi connectivity index (χ2n) is 3.45. The van der Waals surface area contributed by atoms with Gasteiger partial charge in [-0.05, 0) is 58.1 Å². The van der Waals surface area contributed by atoms with Crippen LogP contribution in [0.4, 0.5) is 0 Å². The van der Waals surface area contributed by atoms with Crippen molar-refractivity contribution in [2.24, 2.45) is 0 Å². The number of hydrogen-bond donors (Lipinski definition) is 1. The van der Waals surface area contributed by atoms with Gasteiger partial charge in [-0.25, -0.2) is 4.79 Å². The van der Waals surface area contributed by atoms with E-state index in [0.29, 0.717) is 11.5 Å². The molecule has 0 aliphatic rings. The Balaban J connectivity index is 2.25. The monoisotopic (exact) mass is 280 g/mol. The van der Waals surface area contributed by atoms with Crippen LogP contribution in [0.15, 0.2) is 53.4 Å². The van der Waals surface area contributed by atoms with Crippen molar-refractivity contribution in [2.45, 2.75) is 4.90 Å². The molecule has 0 saturated carbocycles. The zero-order valence-corrected chi connectivity index (χ0v) is 10.7. The lowest BCUT2D eigenvalue weighted by atomic mass is 10.2. The van der Waals surface area contributed by atoms with Crippen molar-refractivity contribution < 1.29 is 14.6 Å². The summed E-state index contributed by atoms with van der Waals surface area (Å²) in [5.74, 6) is -0.132. The molecule has 3 nitrogen and oxygen atoms in total. The van der Waals surface area contributed by atoms with Crippen LogP contribution in [0.5, 0.6) is 11.5 Å². The molecule has 92 valence electrons. The third-order valence-corrected chi connectivity index (χ3v) is 3.24. The van der Waals surface area contributed by atoms with E-state index in [2.05, 4.69) is 0 Å². The summed E-state index contributed by atoms with van der Waals surface area (Å²) in [6, 6.07) is 13.6. The van der Waals surface area contributed by atoms with E-state index in [0.717, 1.165) is 15.9 Å². The number of benzene rings is 2. The first-order chi connectivity index (χ1) is 8.70. The van der Waals surface area contributed by atoms with E-state index >= 15 is 0 Å². The molecule has 5 heteroatoms. The van der Waals surface area contributed by atoms with Crippen LogP contribution in [0, 0.1) is 0 Å². The Morgan fingerprint density at radius 1 is 1.11 bits per heavy atom. The molecule has 0 bridgehead atoms. The van der Waals surface area contributed by atoms with Gasteiger partial charge in [-0.15, -0.1) is 0 Å². The Morgan fingerprint density at radius 3 is 2.39 bits per heavy atom. The summed E-state index contributed by atoms with van der Waals surface area (Å²) in [4.78, 5) is 11.9. The molecule has 18 heavy (non-hydrogen) atoms. The Morgan fingerprint density at radius 2 is 1.78 bits per heavy atom. The van der Waals surface area contributed by atoms with Gasteiger partial charge in [0.25, 0.3) is 0 Å². The number of rotatable bonds is 4. The summed E-state index contributed by atoms with van der Waals surface area (Å²) in [5.41, 5.74) is 0.133. The van der Waals surface area contributed by atoms with Crippen LogP contribution in [0.2, 0.25) is 0 Å². The highest BCUT2D eigenvalue weighted by Crippen LogP contribution is 2.28. The first-order valence-corrected chi connectivity index (χ1v) is 6.74. The van der Waals surface area contributed by atoms with Crippen LogP contribution in [0.1, 0.15) is 10.4 Å². The fraction of sp³-hybridized carbons (Fsp3) is 0. The number of para-hydroxylation sites is 1. The van der Waals surface area contributed by atoms with Crippen LogP contribution in [0.25, 0.3) is 0 Å². The van der Waals surface area contributed by atoms with Gasteiger partial charge in [0.1, 0.15) is 17.1 Å². The third kappa shape index (κ3) is 2.97. The van der Waals surface area contributed by atoms with E-state index in [1.54, 1.807) is 42.5 Å². The molecule has 2 rings (SSSR count). The maximum atomic E-state index is 11.0. The molecule has 0 heterocycles. The molecular weight excluding hydrogens is 272 g/mol. The molecule has 0 aromatic heterocycles. The van der Waals surface area contributed by atoms with Crippen molar-refractivity contribution in [2.75, 3.05) is 0 Å². The van der Waals surface area contributed by atoms with Gasteiger partial charge in [0.05, 0.1) is 0 Å².